The van der Waals surface area contributed by atoms with Gasteiger partial charge in [0.1, 0.15) is 6.54 Å². The molecule has 0 aliphatic rings. The maximum absolute atomic E-state index is 12.8. The predicted octanol–water partition coefficient (Wildman–Crippen LogP) is 0.374. The molecule has 0 heterocycles. The Bertz CT molecular complexity index is 508. The van der Waals surface area contributed by atoms with Crippen LogP contribution in [0.3, 0.4) is 0 Å². The number of ether oxygens (including phenoxy) is 2. The molecular formula is C11H20F3N2O7P. The highest BCUT2D eigenvalue weighted by molar-refractivity contribution is 7.53. The first kappa shape index (κ1) is 22.8. The van der Waals surface area contributed by atoms with E-state index < -0.39 is 48.7 Å². The molecule has 0 rings (SSSR count). The van der Waals surface area contributed by atoms with Crippen molar-refractivity contribution < 1.29 is 46.6 Å². The lowest BCUT2D eigenvalue weighted by Crippen LogP contribution is -2.66. The van der Waals surface area contributed by atoms with Crippen LogP contribution in [0.4, 0.5) is 13.2 Å². The molecule has 13 heteroatoms. The number of methoxy groups -OCH3 is 1. The molecule has 0 aromatic rings. The van der Waals surface area contributed by atoms with E-state index in [0.29, 0.717) is 7.11 Å². The second-order valence-electron chi connectivity index (χ2n) is 4.85. The summed E-state index contributed by atoms with van der Waals surface area (Å²) in [5.41, 5.74) is -3.19. The molecule has 0 saturated heterocycles. The summed E-state index contributed by atoms with van der Waals surface area (Å²) < 4.78 is 59.4. The fraction of sp³-hybridized carbons (Fsp3) is 0.818. The van der Waals surface area contributed by atoms with E-state index in [1.807, 2.05) is 0 Å². The summed E-state index contributed by atoms with van der Waals surface area (Å²) >= 11 is 0. The van der Waals surface area contributed by atoms with Crippen LogP contribution in [0.2, 0.25) is 0 Å². The van der Waals surface area contributed by atoms with Crippen molar-refractivity contribution in [2.75, 3.05) is 20.3 Å². The van der Waals surface area contributed by atoms with Crippen molar-refractivity contribution in [1.82, 2.24) is 10.2 Å². The quantitative estimate of drug-likeness (QED) is 0.313. The van der Waals surface area contributed by atoms with Gasteiger partial charge in [-0.25, -0.2) is 0 Å². The van der Waals surface area contributed by atoms with Crippen molar-refractivity contribution in [3.8, 4) is 0 Å². The lowest BCUT2D eigenvalue weighted by atomic mass is 10.3. The van der Waals surface area contributed by atoms with Gasteiger partial charge in [0.05, 0.1) is 6.61 Å². The Morgan fingerprint density at radius 1 is 1.29 bits per heavy atom. The molecule has 142 valence electrons. The fourth-order valence-corrected chi connectivity index (χ4v) is 2.93. The number of hydrogen-bond donors (Lipinski definition) is 3. The van der Waals surface area contributed by atoms with Crippen LogP contribution in [-0.2, 0) is 23.6 Å². The molecular weight excluding hydrogens is 360 g/mol. The van der Waals surface area contributed by atoms with E-state index in [9.17, 15) is 37.1 Å². The Morgan fingerprint density at radius 3 is 2.08 bits per heavy atom. The minimum absolute atomic E-state index is 0.208. The molecule has 24 heavy (non-hydrogen) atoms. The maximum atomic E-state index is 12.8. The number of halogens is 3. The van der Waals surface area contributed by atoms with E-state index in [0.717, 1.165) is 0 Å². The van der Waals surface area contributed by atoms with Crippen LogP contribution in [0.15, 0.2) is 0 Å². The second-order valence-corrected chi connectivity index (χ2v) is 6.54. The average Bonchev–Trinajstić information content (AvgIpc) is 2.39. The zero-order chi connectivity index (χ0) is 19.3. The van der Waals surface area contributed by atoms with Gasteiger partial charge >= 0.3 is 31.2 Å². The lowest BCUT2D eigenvalue weighted by Gasteiger charge is -2.43. The normalized spacial score (nSPS) is 15.1. The number of alkyl halides is 3. The Morgan fingerprint density at radius 2 is 1.79 bits per heavy atom. The summed E-state index contributed by atoms with van der Waals surface area (Å²) in [6.45, 7) is 2.48. The van der Waals surface area contributed by atoms with Gasteiger partial charge in [-0.3, -0.25) is 24.4 Å². The van der Waals surface area contributed by atoms with Crippen molar-refractivity contribution in [1.29, 1.82) is 0 Å². The molecule has 3 N–H and O–H groups in total. The fourth-order valence-electron chi connectivity index (χ4n) is 1.79. The number of hydrogen-bond acceptors (Lipinski definition) is 6. The van der Waals surface area contributed by atoms with Gasteiger partial charge in [-0.2, -0.15) is 13.2 Å². The van der Waals surface area contributed by atoms with Gasteiger partial charge in [0, 0.05) is 13.2 Å². The Balaban J connectivity index is 6.22. The van der Waals surface area contributed by atoms with E-state index in [-0.39, 0.29) is 6.61 Å². The molecule has 0 aliphatic heterocycles. The van der Waals surface area contributed by atoms with Crippen LogP contribution in [0.25, 0.3) is 0 Å². The van der Waals surface area contributed by atoms with E-state index in [4.69, 9.17) is 0 Å². The van der Waals surface area contributed by atoms with E-state index in [2.05, 4.69) is 14.8 Å². The smallest absolute Gasteiger partial charge is 0.465 e. The Labute approximate surface area is 136 Å². The highest BCUT2D eigenvalue weighted by Gasteiger charge is 2.60. The van der Waals surface area contributed by atoms with Crippen LogP contribution >= 0.6 is 7.60 Å². The van der Waals surface area contributed by atoms with Crippen molar-refractivity contribution in [2.45, 2.75) is 38.6 Å². The third-order valence-electron chi connectivity index (χ3n) is 2.60. The van der Waals surface area contributed by atoms with E-state index in [1.54, 1.807) is 0 Å². The number of rotatable bonds is 8. The summed E-state index contributed by atoms with van der Waals surface area (Å²) in [5.74, 6) is -3.97. The van der Waals surface area contributed by atoms with Crippen LogP contribution in [0.5, 0.6) is 0 Å². The van der Waals surface area contributed by atoms with Gasteiger partial charge in [0.15, 0.2) is 0 Å². The molecule has 0 bridgehead atoms. The van der Waals surface area contributed by atoms with Gasteiger partial charge in [-0.1, -0.05) is 0 Å². The molecule has 0 aromatic heterocycles. The predicted molar refractivity (Wildman–Crippen MR) is 74.5 cm³/mol. The topological polar surface area (TPSA) is 125 Å². The van der Waals surface area contributed by atoms with Crippen molar-refractivity contribution in [3.05, 3.63) is 0 Å². The third kappa shape index (κ3) is 5.42. The summed E-state index contributed by atoms with van der Waals surface area (Å²) in [7, 11) is -4.86. The molecule has 0 fully saturated rings. The molecule has 0 saturated carbocycles. The lowest BCUT2D eigenvalue weighted by molar-refractivity contribution is -0.208. The molecule has 1 atom stereocenters. The first-order valence-electron chi connectivity index (χ1n) is 6.65. The van der Waals surface area contributed by atoms with Crippen molar-refractivity contribution >= 4 is 19.5 Å². The highest BCUT2D eigenvalue weighted by atomic mass is 31.2. The number of amides is 1. The molecule has 0 spiro atoms. The van der Waals surface area contributed by atoms with Gasteiger partial charge in [-0.05, 0) is 20.8 Å². The van der Waals surface area contributed by atoms with Crippen molar-refractivity contribution in [2.24, 2.45) is 0 Å². The average molecular weight is 380 g/mol. The number of nitrogens with one attached hydrogen (secondary N) is 1. The first-order chi connectivity index (χ1) is 10.7. The van der Waals surface area contributed by atoms with E-state index in [1.165, 1.54) is 20.8 Å². The minimum atomic E-state index is -5.55. The Kier molecular flexibility index (Phi) is 7.84. The van der Waals surface area contributed by atoms with Gasteiger partial charge < -0.3 is 19.3 Å². The van der Waals surface area contributed by atoms with Crippen LogP contribution in [0, 0.1) is 0 Å². The van der Waals surface area contributed by atoms with Crippen molar-refractivity contribution in [3.63, 3.8) is 0 Å². The summed E-state index contributed by atoms with van der Waals surface area (Å²) in [6, 6.07) is -0.816. The molecule has 0 radical (unpaired) electrons. The summed E-state index contributed by atoms with van der Waals surface area (Å²) in [6.07, 6.45) is -5.51. The van der Waals surface area contributed by atoms with Gasteiger partial charge in [-0.15, -0.1) is 0 Å². The van der Waals surface area contributed by atoms with E-state index >= 15 is 0 Å². The highest BCUT2D eigenvalue weighted by Crippen LogP contribution is 2.52. The number of nitrogens with zero attached hydrogens (tertiary/aromatic N) is 1. The molecule has 1 unspecified atom stereocenters. The summed E-state index contributed by atoms with van der Waals surface area (Å²) in [5, 5.41) is 2.10. The SMILES string of the molecule is CCOC(=O)CN(C(=O)C(F)(F)F)C(NC(C)C)(OC)P(=O)(O)O. The molecule has 1 amide bonds. The maximum Gasteiger partial charge on any atom is 0.471 e. The largest absolute Gasteiger partial charge is 0.471 e. The zero-order valence-corrected chi connectivity index (χ0v) is 14.3. The monoisotopic (exact) mass is 380 g/mol. The standard InChI is InChI=1S/C11H20F3N2O7P/c1-5-23-8(17)6-16(9(18)10(12,13)14)11(22-4,15-7(2)3)24(19,20)21/h7,15H,5-6H2,1-4H3,(H2,19,20,21). The Hall–Kier alpha value is -1.20. The number of carbonyl (C=O) groups is 2. The second kappa shape index (κ2) is 8.26. The first-order valence-corrected chi connectivity index (χ1v) is 8.27. The van der Waals surface area contributed by atoms with Crippen LogP contribution in [-0.4, -0.2) is 64.6 Å². The minimum Gasteiger partial charge on any atom is -0.465 e. The number of carbonyl (C=O) groups excluding carboxylic acids is 2. The van der Waals surface area contributed by atoms with Gasteiger partial charge in [0.25, 0.3) is 0 Å². The third-order valence-corrected chi connectivity index (χ3v) is 3.94. The molecule has 0 aromatic carbocycles. The van der Waals surface area contributed by atoms with Crippen LogP contribution < -0.4 is 5.32 Å². The molecule has 9 nitrogen and oxygen atoms in total. The number of esters is 1. The zero-order valence-electron chi connectivity index (χ0n) is 13.5. The summed E-state index contributed by atoms with van der Waals surface area (Å²) in [4.78, 5) is 41.8. The molecule has 0 aliphatic carbocycles. The van der Waals surface area contributed by atoms with Crippen LogP contribution in [0.1, 0.15) is 20.8 Å². The van der Waals surface area contributed by atoms with Gasteiger partial charge in [0.2, 0.25) is 0 Å².